The number of hydrogen-bond donors (Lipinski definition) is 2. The molecule has 1 aromatic carbocycles. The number of piperidine rings is 1. The first-order valence-corrected chi connectivity index (χ1v) is 10.9. The minimum atomic E-state index is -3.58. The molecule has 2 aliphatic rings. The largest absolute Gasteiger partial charge is 0.348 e. The Balaban J connectivity index is 1.88. The number of aryl methyl sites for hydroxylation is 1. The van der Waals surface area contributed by atoms with Crippen molar-refractivity contribution in [3.8, 4) is 0 Å². The summed E-state index contributed by atoms with van der Waals surface area (Å²) in [7, 11) is -3.58. The van der Waals surface area contributed by atoms with Crippen LogP contribution in [0.25, 0.3) is 0 Å². The SMILES string of the molecule is Cc1cc(C(=O)NC2CCNC2)cc(S(=O)(=O)N2CCC(C)CC2)c1C. The summed E-state index contributed by atoms with van der Waals surface area (Å²) in [5.74, 6) is 0.354. The van der Waals surface area contributed by atoms with Crippen molar-refractivity contribution in [3.63, 3.8) is 0 Å². The Hall–Kier alpha value is -1.44. The first kappa shape index (κ1) is 19.3. The van der Waals surface area contributed by atoms with Crippen molar-refractivity contribution in [2.24, 2.45) is 5.92 Å². The maximum atomic E-state index is 13.2. The minimum Gasteiger partial charge on any atom is -0.348 e. The summed E-state index contributed by atoms with van der Waals surface area (Å²) in [5, 5.41) is 6.21. The van der Waals surface area contributed by atoms with Crippen LogP contribution in [-0.2, 0) is 10.0 Å². The molecule has 144 valence electrons. The fraction of sp³-hybridized carbons (Fsp3) is 0.632. The lowest BCUT2D eigenvalue weighted by Crippen LogP contribution is -2.39. The van der Waals surface area contributed by atoms with Crippen molar-refractivity contribution in [1.29, 1.82) is 0 Å². The Labute approximate surface area is 156 Å². The van der Waals surface area contributed by atoms with E-state index in [1.165, 1.54) is 0 Å². The molecular formula is C19H29N3O3S. The average Bonchev–Trinajstić information content (AvgIpc) is 3.10. The van der Waals surface area contributed by atoms with Crippen LogP contribution < -0.4 is 10.6 Å². The molecule has 7 heteroatoms. The van der Waals surface area contributed by atoms with Gasteiger partial charge >= 0.3 is 0 Å². The smallest absolute Gasteiger partial charge is 0.251 e. The van der Waals surface area contributed by atoms with Crippen molar-refractivity contribution in [2.75, 3.05) is 26.2 Å². The second-order valence-electron chi connectivity index (χ2n) is 7.67. The fourth-order valence-corrected chi connectivity index (χ4v) is 5.43. The number of carbonyl (C=O) groups excluding carboxylic acids is 1. The van der Waals surface area contributed by atoms with E-state index < -0.39 is 10.0 Å². The predicted octanol–water partition coefficient (Wildman–Crippen LogP) is 1.82. The summed E-state index contributed by atoms with van der Waals surface area (Å²) < 4.78 is 27.9. The number of nitrogens with one attached hydrogen (secondary N) is 2. The van der Waals surface area contributed by atoms with Gasteiger partial charge in [-0.2, -0.15) is 4.31 Å². The van der Waals surface area contributed by atoms with Crippen LogP contribution in [-0.4, -0.2) is 50.9 Å². The van der Waals surface area contributed by atoms with Crippen molar-refractivity contribution >= 4 is 15.9 Å². The number of nitrogens with zero attached hydrogens (tertiary/aromatic N) is 1. The highest BCUT2D eigenvalue weighted by Gasteiger charge is 2.30. The molecule has 1 aromatic rings. The normalized spacial score (nSPS) is 22.5. The van der Waals surface area contributed by atoms with Crippen LogP contribution >= 0.6 is 0 Å². The van der Waals surface area contributed by atoms with E-state index in [0.29, 0.717) is 24.6 Å². The first-order valence-electron chi connectivity index (χ1n) is 9.42. The summed E-state index contributed by atoms with van der Waals surface area (Å²) >= 11 is 0. The second-order valence-corrected chi connectivity index (χ2v) is 9.57. The van der Waals surface area contributed by atoms with Crippen molar-refractivity contribution in [2.45, 2.75) is 51.0 Å². The fourth-order valence-electron chi connectivity index (χ4n) is 3.64. The van der Waals surface area contributed by atoms with Crippen LogP contribution in [0, 0.1) is 19.8 Å². The Bertz CT molecular complexity index is 777. The molecule has 1 atom stereocenters. The number of carbonyl (C=O) groups is 1. The summed E-state index contributed by atoms with van der Waals surface area (Å²) in [4.78, 5) is 12.9. The van der Waals surface area contributed by atoms with Crippen LogP contribution in [0.4, 0.5) is 0 Å². The molecule has 6 nitrogen and oxygen atoms in total. The molecule has 0 saturated carbocycles. The van der Waals surface area contributed by atoms with E-state index in [9.17, 15) is 13.2 Å². The molecule has 3 rings (SSSR count). The zero-order valence-electron chi connectivity index (χ0n) is 15.8. The highest BCUT2D eigenvalue weighted by Crippen LogP contribution is 2.28. The highest BCUT2D eigenvalue weighted by molar-refractivity contribution is 7.89. The van der Waals surface area contributed by atoms with Gasteiger partial charge in [0.15, 0.2) is 0 Å². The lowest BCUT2D eigenvalue weighted by atomic mass is 10.0. The lowest BCUT2D eigenvalue weighted by molar-refractivity contribution is 0.0939. The van der Waals surface area contributed by atoms with Gasteiger partial charge in [-0.25, -0.2) is 8.42 Å². The standard InChI is InChI=1S/C19H29N3O3S/c1-13-5-8-22(9-6-13)26(24,25)18-11-16(10-14(2)15(18)3)19(23)21-17-4-7-20-12-17/h10-11,13,17,20H,4-9,12H2,1-3H3,(H,21,23). The number of benzene rings is 1. The highest BCUT2D eigenvalue weighted by atomic mass is 32.2. The molecule has 1 amide bonds. The van der Waals surface area contributed by atoms with Crippen LogP contribution in [0.1, 0.15) is 47.7 Å². The molecule has 2 N–H and O–H groups in total. The van der Waals surface area contributed by atoms with Crippen molar-refractivity contribution < 1.29 is 13.2 Å². The van der Waals surface area contributed by atoms with Gasteiger partial charge in [-0.05, 0) is 68.8 Å². The van der Waals surface area contributed by atoms with Crippen LogP contribution in [0.5, 0.6) is 0 Å². The van der Waals surface area contributed by atoms with Gasteiger partial charge in [0.05, 0.1) is 4.90 Å². The Morgan fingerprint density at radius 3 is 2.50 bits per heavy atom. The lowest BCUT2D eigenvalue weighted by Gasteiger charge is -2.30. The first-order chi connectivity index (χ1) is 12.3. The van der Waals surface area contributed by atoms with Crippen LogP contribution in [0.15, 0.2) is 17.0 Å². The monoisotopic (exact) mass is 379 g/mol. The van der Waals surface area contributed by atoms with Crippen LogP contribution in [0.3, 0.4) is 0 Å². The van der Waals surface area contributed by atoms with E-state index in [1.807, 2.05) is 13.8 Å². The molecule has 0 aromatic heterocycles. The van der Waals surface area contributed by atoms with Gasteiger partial charge < -0.3 is 10.6 Å². The number of hydrogen-bond acceptors (Lipinski definition) is 4. The van der Waals surface area contributed by atoms with Gasteiger partial charge in [-0.15, -0.1) is 0 Å². The average molecular weight is 380 g/mol. The molecule has 2 heterocycles. The maximum absolute atomic E-state index is 13.2. The van der Waals surface area contributed by atoms with E-state index in [1.54, 1.807) is 16.4 Å². The molecule has 0 spiro atoms. The number of amides is 1. The van der Waals surface area contributed by atoms with E-state index in [-0.39, 0.29) is 16.8 Å². The van der Waals surface area contributed by atoms with Crippen molar-refractivity contribution in [1.82, 2.24) is 14.9 Å². The van der Waals surface area contributed by atoms with E-state index in [4.69, 9.17) is 0 Å². The molecule has 1 unspecified atom stereocenters. The summed E-state index contributed by atoms with van der Waals surface area (Å²) in [5.41, 5.74) is 1.97. The minimum absolute atomic E-state index is 0.104. The zero-order chi connectivity index (χ0) is 18.9. The molecule has 2 fully saturated rings. The van der Waals surface area contributed by atoms with E-state index in [2.05, 4.69) is 17.6 Å². The van der Waals surface area contributed by atoms with E-state index in [0.717, 1.165) is 43.5 Å². The second kappa shape index (κ2) is 7.66. The van der Waals surface area contributed by atoms with E-state index >= 15 is 0 Å². The molecular weight excluding hydrogens is 350 g/mol. The zero-order valence-corrected chi connectivity index (χ0v) is 16.7. The summed E-state index contributed by atoms with van der Waals surface area (Å²) in [6.07, 6.45) is 2.66. The van der Waals surface area contributed by atoms with Gasteiger partial charge in [0, 0.05) is 31.2 Å². The molecule has 0 aliphatic carbocycles. The van der Waals surface area contributed by atoms with Gasteiger partial charge in [-0.3, -0.25) is 4.79 Å². The van der Waals surface area contributed by atoms with Gasteiger partial charge in [0.2, 0.25) is 10.0 Å². The molecule has 0 radical (unpaired) electrons. The number of sulfonamides is 1. The Morgan fingerprint density at radius 2 is 1.88 bits per heavy atom. The van der Waals surface area contributed by atoms with Gasteiger partial charge in [-0.1, -0.05) is 6.92 Å². The topological polar surface area (TPSA) is 78.5 Å². The molecule has 2 saturated heterocycles. The molecule has 0 bridgehead atoms. The quantitative estimate of drug-likeness (QED) is 0.836. The number of rotatable bonds is 4. The van der Waals surface area contributed by atoms with Crippen molar-refractivity contribution in [3.05, 3.63) is 28.8 Å². The Kier molecular flexibility index (Phi) is 5.69. The molecule has 2 aliphatic heterocycles. The van der Waals surface area contributed by atoms with Gasteiger partial charge in [0.25, 0.3) is 5.91 Å². The molecule has 26 heavy (non-hydrogen) atoms. The third-order valence-electron chi connectivity index (χ3n) is 5.64. The Morgan fingerprint density at radius 1 is 1.19 bits per heavy atom. The summed E-state index contributed by atoms with van der Waals surface area (Å²) in [6, 6.07) is 3.44. The summed E-state index contributed by atoms with van der Waals surface area (Å²) in [6.45, 7) is 8.58. The third kappa shape index (κ3) is 3.94. The third-order valence-corrected chi connectivity index (χ3v) is 7.66. The van der Waals surface area contributed by atoms with Crippen LogP contribution in [0.2, 0.25) is 0 Å². The van der Waals surface area contributed by atoms with Gasteiger partial charge in [0.1, 0.15) is 0 Å². The predicted molar refractivity (Wildman–Crippen MR) is 102 cm³/mol. The maximum Gasteiger partial charge on any atom is 0.251 e.